The summed E-state index contributed by atoms with van der Waals surface area (Å²) in [6.45, 7) is 1.91. The Morgan fingerprint density at radius 1 is 1.22 bits per heavy atom. The number of hydrogen-bond donors (Lipinski definition) is 1. The van der Waals surface area contributed by atoms with Crippen LogP contribution in [0.1, 0.15) is 25.7 Å². The molecule has 1 fully saturated rings. The predicted octanol–water partition coefficient (Wildman–Crippen LogP) is 1.86. The zero-order valence-corrected chi connectivity index (χ0v) is 13.5. The fourth-order valence-corrected chi connectivity index (χ4v) is 3.15. The number of nitrogens with zero attached hydrogens (tertiary/aromatic N) is 2. The summed E-state index contributed by atoms with van der Waals surface area (Å²) in [6, 6.07) is 5.49. The van der Waals surface area contributed by atoms with Crippen LogP contribution in [-0.4, -0.2) is 50.0 Å². The molecule has 2 aliphatic rings. The summed E-state index contributed by atoms with van der Waals surface area (Å²) in [4.78, 5) is 28.3. The molecular formula is C17H23N3O3. The van der Waals surface area contributed by atoms with Crippen LogP contribution in [0.5, 0.6) is 5.75 Å². The van der Waals surface area contributed by atoms with Crippen molar-refractivity contribution in [2.75, 3.05) is 43.5 Å². The highest BCUT2D eigenvalue weighted by molar-refractivity contribution is 6.06. The lowest BCUT2D eigenvalue weighted by atomic mass is 10.1. The minimum Gasteiger partial charge on any atom is -0.497 e. The average Bonchev–Trinajstić information content (AvgIpc) is 2.86. The summed E-state index contributed by atoms with van der Waals surface area (Å²) >= 11 is 0. The molecule has 0 aliphatic carbocycles. The molecule has 1 saturated heterocycles. The number of fused-ring (bicyclic) bond motifs is 1. The summed E-state index contributed by atoms with van der Waals surface area (Å²) in [5.41, 5.74) is 1.57. The lowest BCUT2D eigenvalue weighted by Crippen LogP contribution is -2.47. The van der Waals surface area contributed by atoms with Crippen LogP contribution in [0.2, 0.25) is 0 Å². The van der Waals surface area contributed by atoms with Gasteiger partial charge in [-0.3, -0.25) is 14.5 Å². The van der Waals surface area contributed by atoms with Gasteiger partial charge in [0.05, 0.1) is 25.0 Å². The van der Waals surface area contributed by atoms with Crippen molar-refractivity contribution in [3.8, 4) is 5.75 Å². The van der Waals surface area contributed by atoms with Gasteiger partial charge in [-0.2, -0.15) is 0 Å². The van der Waals surface area contributed by atoms with Gasteiger partial charge in [0.1, 0.15) is 12.3 Å². The third-order valence-corrected chi connectivity index (χ3v) is 4.48. The van der Waals surface area contributed by atoms with Gasteiger partial charge in [0.15, 0.2) is 0 Å². The first-order chi connectivity index (χ1) is 11.2. The van der Waals surface area contributed by atoms with Crippen molar-refractivity contribution in [2.45, 2.75) is 25.7 Å². The summed E-state index contributed by atoms with van der Waals surface area (Å²) in [5, 5.41) is 3.08. The fraction of sp³-hybridized carbons (Fsp3) is 0.529. The molecule has 124 valence electrons. The standard InChI is InChI=1S/C17H23N3O3/c1-23-13-6-7-15-14(10-13)18-11-16(21)20(15)12-17(22)19-8-4-2-3-5-9-19/h6-7,10,18H,2-5,8-9,11-12H2,1H3. The van der Waals surface area contributed by atoms with Crippen molar-refractivity contribution >= 4 is 23.2 Å². The second kappa shape index (κ2) is 6.89. The third kappa shape index (κ3) is 3.41. The van der Waals surface area contributed by atoms with Gasteiger partial charge in [-0.05, 0) is 25.0 Å². The Morgan fingerprint density at radius 3 is 2.65 bits per heavy atom. The SMILES string of the molecule is COc1ccc2c(c1)NCC(=O)N2CC(=O)N1CCCCCC1. The number of likely N-dealkylation sites (tertiary alicyclic amines) is 1. The molecule has 0 aromatic heterocycles. The van der Waals surface area contributed by atoms with Gasteiger partial charge < -0.3 is 15.0 Å². The van der Waals surface area contributed by atoms with Crippen LogP contribution in [0.4, 0.5) is 11.4 Å². The van der Waals surface area contributed by atoms with E-state index in [4.69, 9.17) is 4.74 Å². The van der Waals surface area contributed by atoms with Crippen LogP contribution in [0, 0.1) is 0 Å². The van der Waals surface area contributed by atoms with Gasteiger partial charge in [0, 0.05) is 19.2 Å². The number of benzene rings is 1. The maximum Gasteiger partial charge on any atom is 0.246 e. The normalized spacial score (nSPS) is 18.0. The highest BCUT2D eigenvalue weighted by Crippen LogP contribution is 2.32. The Labute approximate surface area is 136 Å². The number of rotatable bonds is 3. The Kier molecular flexibility index (Phi) is 4.69. The highest BCUT2D eigenvalue weighted by atomic mass is 16.5. The maximum atomic E-state index is 12.6. The number of carbonyl (C=O) groups excluding carboxylic acids is 2. The number of nitrogens with one attached hydrogen (secondary N) is 1. The summed E-state index contributed by atoms with van der Waals surface area (Å²) < 4.78 is 5.21. The number of hydrogen-bond acceptors (Lipinski definition) is 4. The van der Waals surface area contributed by atoms with E-state index in [1.807, 2.05) is 23.1 Å². The van der Waals surface area contributed by atoms with Crippen molar-refractivity contribution in [2.24, 2.45) is 0 Å². The third-order valence-electron chi connectivity index (χ3n) is 4.48. The van der Waals surface area contributed by atoms with Crippen LogP contribution in [0.3, 0.4) is 0 Å². The molecule has 0 radical (unpaired) electrons. The Bertz CT molecular complexity index is 595. The Hall–Kier alpha value is -2.24. The molecule has 6 heteroatoms. The first-order valence-corrected chi connectivity index (χ1v) is 8.19. The van der Waals surface area contributed by atoms with Crippen molar-refractivity contribution in [3.05, 3.63) is 18.2 Å². The van der Waals surface area contributed by atoms with E-state index in [1.165, 1.54) is 12.8 Å². The van der Waals surface area contributed by atoms with E-state index in [1.54, 1.807) is 12.0 Å². The van der Waals surface area contributed by atoms with Crippen LogP contribution in [0.25, 0.3) is 0 Å². The molecule has 1 N–H and O–H groups in total. The van der Waals surface area contributed by atoms with Gasteiger partial charge in [-0.25, -0.2) is 0 Å². The molecule has 1 aromatic carbocycles. The smallest absolute Gasteiger partial charge is 0.246 e. The minimum atomic E-state index is -0.0779. The molecule has 0 unspecified atom stereocenters. The number of carbonyl (C=O) groups is 2. The second-order valence-corrected chi connectivity index (χ2v) is 6.01. The van der Waals surface area contributed by atoms with E-state index in [2.05, 4.69) is 5.32 Å². The number of methoxy groups -OCH3 is 1. The molecule has 0 atom stereocenters. The van der Waals surface area contributed by atoms with Crippen molar-refractivity contribution in [3.63, 3.8) is 0 Å². The quantitative estimate of drug-likeness (QED) is 0.924. The summed E-state index contributed by atoms with van der Waals surface area (Å²) in [7, 11) is 1.61. The maximum absolute atomic E-state index is 12.6. The average molecular weight is 317 g/mol. The van der Waals surface area contributed by atoms with Crippen LogP contribution >= 0.6 is 0 Å². The van der Waals surface area contributed by atoms with Crippen molar-refractivity contribution < 1.29 is 14.3 Å². The van der Waals surface area contributed by atoms with Gasteiger partial charge in [0.2, 0.25) is 11.8 Å². The molecule has 2 aliphatic heterocycles. The first kappa shape index (κ1) is 15.6. The second-order valence-electron chi connectivity index (χ2n) is 6.01. The highest BCUT2D eigenvalue weighted by Gasteiger charge is 2.28. The van der Waals surface area contributed by atoms with E-state index >= 15 is 0 Å². The van der Waals surface area contributed by atoms with Gasteiger partial charge in [0.25, 0.3) is 0 Å². The lowest BCUT2D eigenvalue weighted by Gasteiger charge is -2.32. The molecule has 0 saturated carbocycles. The van der Waals surface area contributed by atoms with Gasteiger partial charge in [-0.1, -0.05) is 12.8 Å². The topological polar surface area (TPSA) is 61.9 Å². The Balaban J connectivity index is 1.76. The largest absolute Gasteiger partial charge is 0.497 e. The summed E-state index contributed by atoms with van der Waals surface area (Å²) in [6.07, 6.45) is 4.46. The Morgan fingerprint density at radius 2 is 1.96 bits per heavy atom. The fourth-order valence-electron chi connectivity index (χ4n) is 3.15. The monoisotopic (exact) mass is 317 g/mol. The molecule has 1 aromatic rings. The van der Waals surface area contributed by atoms with Gasteiger partial charge >= 0.3 is 0 Å². The number of anilines is 2. The van der Waals surface area contributed by atoms with E-state index in [9.17, 15) is 9.59 Å². The van der Waals surface area contributed by atoms with Crippen LogP contribution in [-0.2, 0) is 9.59 Å². The molecule has 0 spiro atoms. The molecule has 23 heavy (non-hydrogen) atoms. The molecular weight excluding hydrogens is 294 g/mol. The van der Waals surface area contributed by atoms with Gasteiger partial charge in [-0.15, -0.1) is 0 Å². The van der Waals surface area contributed by atoms with E-state index in [-0.39, 0.29) is 24.9 Å². The summed E-state index contributed by atoms with van der Waals surface area (Å²) in [5.74, 6) is 0.680. The zero-order valence-electron chi connectivity index (χ0n) is 13.5. The predicted molar refractivity (Wildman–Crippen MR) is 88.9 cm³/mol. The lowest BCUT2D eigenvalue weighted by molar-refractivity contribution is -0.131. The van der Waals surface area contributed by atoms with Crippen LogP contribution < -0.4 is 15.0 Å². The number of amides is 2. The first-order valence-electron chi connectivity index (χ1n) is 8.19. The molecule has 0 bridgehead atoms. The molecule has 3 rings (SSSR count). The molecule has 2 amide bonds. The molecule has 2 heterocycles. The zero-order chi connectivity index (χ0) is 16.2. The van der Waals surface area contributed by atoms with Crippen molar-refractivity contribution in [1.82, 2.24) is 4.90 Å². The number of ether oxygens (including phenoxy) is 1. The van der Waals surface area contributed by atoms with E-state index in [0.29, 0.717) is 0 Å². The molecule has 6 nitrogen and oxygen atoms in total. The van der Waals surface area contributed by atoms with E-state index in [0.717, 1.165) is 43.1 Å². The van der Waals surface area contributed by atoms with E-state index < -0.39 is 0 Å². The van der Waals surface area contributed by atoms with Crippen molar-refractivity contribution in [1.29, 1.82) is 0 Å². The minimum absolute atomic E-state index is 0.0314. The van der Waals surface area contributed by atoms with Crippen LogP contribution in [0.15, 0.2) is 18.2 Å².